The molecule has 0 saturated carbocycles. The van der Waals surface area contributed by atoms with E-state index in [1.54, 1.807) is 0 Å². The summed E-state index contributed by atoms with van der Waals surface area (Å²) in [6.07, 6.45) is 0. The summed E-state index contributed by atoms with van der Waals surface area (Å²) in [5.74, 6) is 0. The maximum absolute atomic E-state index is 5.18. The Bertz CT molecular complexity index is 77.8. The molecule has 0 radical (unpaired) electrons. The van der Waals surface area contributed by atoms with Gasteiger partial charge in [0.1, 0.15) is 0 Å². The van der Waals surface area contributed by atoms with Crippen LogP contribution in [0.1, 0.15) is 20.8 Å². The van der Waals surface area contributed by atoms with Crippen LogP contribution in [0.3, 0.4) is 0 Å². The van der Waals surface area contributed by atoms with Crippen LogP contribution in [0, 0.1) is 0 Å². The van der Waals surface area contributed by atoms with Crippen LogP contribution in [0.4, 0.5) is 0 Å². The lowest BCUT2D eigenvalue weighted by Crippen LogP contribution is -2.05. The third-order valence-corrected chi connectivity index (χ3v) is 3.22. The Balaban J connectivity index is 0. The molecule has 0 bridgehead atoms. The van der Waals surface area contributed by atoms with Crippen molar-refractivity contribution in [2.75, 3.05) is 19.8 Å². The Morgan fingerprint density at radius 2 is 1.38 bits per heavy atom. The molecule has 0 saturated heterocycles. The summed E-state index contributed by atoms with van der Waals surface area (Å²) in [5.41, 5.74) is 0. The molecule has 0 aromatic rings. The molecule has 82 valence electrons. The lowest BCUT2D eigenvalue weighted by molar-refractivity contribution is 0.240. The van der Waals surface area contributed by atoms with Gasteiger partial charge >= 0.3 is 10.0 Å². The number of hydrogen-bond donors (Lipinski definition) is 0. The summed E-state index contributed by atoms with van der Waals surface area (Å²) in [5, 5.41) is 0. The monoisotopic (exact) mass is 224 g/mol. The van der Waals surface area contributed by atoms with Gasteiger partial charge in [-0.25, -0.2) is 0 Å². The molecule has 0 spiro atoms. The van der Waals surface area contributed by atoms with Crippen molar-refractivity contribution in [2.45, 2.75) is 33.9 Å². The highest BCUT2D eigenvalue weighted by Crippen LogP contribution is 1.79. The molecule has 0 fully saturated rings. The molecule has 0 rings (SSSR count). The van der Waals surface area contributed by atoms with Gasteiger partial charge in [-0.1, -0.05) is 0 Å². The quantitative estimate of drug-likeness (QED) is 0.499. The average Bonchev–Trinajstić information content (AvgIpc) is 2.06. The molecule has 3 nitrogen and oxygen atoms in total. The first-order valence-electron chi connectivity index (χ1n) is 4.96. The Kier molecular flexibility index (Phi) is 18.0. The van der Waals surface area contributed by atoms with E-state index in [0.717, 1.165) is 19.8 Å². The predicted molar refractivity (Wildman–Crippen MR) is 62.3 cm³/mol. The van der Waals surface area contributed by atoms with Crippen molar-refractivity contribution in [3.05, 3.63) is 0 Å². The Hall–Kier alpha value is 0.314. The van der Waals surface area contributed by atoms with Crippen LogP contribution in [0.2, 0.25) is 13.1 Å². The van der Waals surface area contributed by atoms with Gasteiger partial charge in [-0.05, 0) is 33.9 Å². The highest BCUT2D eigenvalue weighted by atomic mass is 28.3. The molecule has 13 heavy (non-hydrogen) atoms. The van der Waals surface area contributed by atoms with Crippen molar-refractivity contribution < 1.29 is 13.3 Å². The van der Waals surface area contributed by atoms with Crippen molar-refractivity contribution >= 4 is 19.0 Å². The average molecular weight is 224 g/mol. The van der Waals surface area contributed by atoms with Gasteiger partial charge in [-0.2, -0.15) is 0 Å². The fraction of sp³-hybridized carbons (Fsp3) is 1.00. The van der Waals surface area contributed by atoms with Crippen LogP contribution in [0.5, 0.6) is 0 Å². The smallest absolute Gasteiger partial charge is 0.304 e. The van der Waals surface area contributed by atoms with E-state index < -0.39 is 19.0 Å². The van der Waals surface area contributed by atoms with Crippen molar-refractivity contribution in [1.29, 1.82) is 0 Å². The van der Waals surface area contributed by atoms with Gasteiger partial charge in [-0.15, -0.1) is 0 Å². The van der Waals surface area contributed by atoms with Gasteiger partial charge in [0.25, 0.3) is 0 Å². The first-order valence-corrected chi connectivity index (χ1v) is 8.89. The molecular formula is C8H24O3Si2. The van der Waals surface area contributed by atoms with Gasteiger partial charge in [0, 0.05) is 19.8 Å². The minimum atomic E-state index is -0.671. The van der Waals surface area contributed by atoms with Crippen molar-refractivity contribution in [3.63, 3.8) is 0 Å². The van der Waals surface area contributed by atoms with Gasteiger partial charge < -0.3 is 13.3 Å². The third kappa shape index (κ3) is 24.5. The summed E-state index contributed by atoms with van der Waals surface area (Å²) in [6.45, 7) is 12.8. The minimum Gasteiger partial charge on any atom is -0.421 e. The van der Waals surface area contributed by atoms with Crippen LogP contribution in [-0.4, -0.2) is 38.9 Å². The van der Waals surface area contributed by atoms with Crippen molar-refractivity contribution in [3.8, 4) is 0 Å². The normalized spacial score (nSPS) is 9.69. The van der Waals surface area contributed by atoms with E-state index >= 15 is 0 Å². The topological polar surface area (TPSA) is 27.7 Å². The van der Waals surface area contributed by atoms with E-state index in [2.05, 4.69) is 13.1 Å². The van der Waals surface area contributed by atoms with Crippen LogP contribution >= 0.6 is 0 Å². The molecule has 0 heterocycles. The fourth-order valence-corrected chi connectivity index (χ4v) is 1.68. The maximum Gasteiger partial charge on any atom is 0.304 e. The molecule has 0 atom stereocenters. The molecule has 0 aliphatic rings. The van der Waals surface area contributed by atoms with Gasteiger partial charge in [0.15, 0.2) is 9.04 Å². The summed E-state index contributed by atoms with van der Waals surface area (Å²) >= 11 is 0. The number of rotatable bonds is 6. The van der Waals surface area contributed by atoms with Gasteiger partial charge in [0.2, 0.25) is 0 Å². The van der Waals surface area contributed by atoms with Crippen LogP contribution in [0.25, 0.3) is 0 Å². The van der Waals surface area contributed by atoms with Crippen molar-refractivity contribution in [2.24, 2.45) is 0 Å². The summed E-state index contributed by atoms with van der Waals surface area (Å²) in [4.78, 5) is 0. The molecule has 0 aromatic carbocycles. The highest BCUT2D eigenvalue weighted by molar-refractivity contribution is 6.48. The first kappa shape index (κ1) is 15.8. The largest absolute Gasteiger partial charge is 0.421 e. The van der Waals surface area contributed by atoms with E-state index in [0.29, 0.717) is 0 Å². The molecule has 0 aliphatic heterocycles. The molecular weight excluding hydrogens is 200 g/mol. The van der Waals surface area contributed by atoms with E-state index in [4.69, 9.17) is 13.3 Å². The van der Waals surface area contributed by atoms with Crippen LogP contribution in [-0.2, 0) is 13.3 Å². The fourth-order valence-electron chi connectivity index (χ4n) is 0.559. The number of hydrogen-bond acceptors (Lipinski definition) is 3. The van der Waals surface area contributed by atoms with E-state index in [-0.39, 0.29) is 0 Å². The Labute approximate surface area is 86.6 Å². The zero-order valence-corrected chi connectivity index (χ0v) is 12.2. The lowest BCUT2D eigenvalue weighted by Gasteiger charge is -1.98. The second-order valence-corrected chi connectivity index (χ2v) is 6.09. The summed E-state index contributed by atoms with van der Waals surface area (Å²) in [6, 6.07) is 0. The SMILES string of the molecule is CCO[SiH2]OCC.CCO[SiH](C)C. The minimum absolute atomic E-state index is 0.589. The summed E-state index contributed by atoms with van der Waals surface area (Å²) < 4.78 is 15.2. The molecule has 0 aromatic heterocycles. The van der Waals surface area contributed by atoms with Crippen LogP contribution in [0.15, 0.2) is 0 Å². The van der Waals surface area contributed by atoms with Gasteiger partial charge in [0.05, 0.1) is 0 Å². The lowest BCUT2D eigenvalue weighted by atomic mass is 10.9. The molecule has 0 unspecified atom stereocenters. The first-order chi connectivity index (χ1) is 6.18. The Morgan fingerprint density at radius 3 is 1.54 bits per heavy atom. The molecule has 0 N–H and O–H groups in total. The maximum atomic E-state index is 5.18. The van der Waals surface area contributed by atoms with Crippen molar-refractivity contribution in [1.82, 2.24) is 0 Å². The second kappa shape index (κ2) is 14.8. The molecule has 0 amide bonds. The zero-order chi connectivity index (χ0) is 10.5. The Morgan fingerprint density at radius 1 is 0.923 bits per heavy atom. The van der Waals surface area contributed by atoms with Gasteiger partial charge in [-0.3, -0.25) is 0 Å². The van der Waals surface area contributed by atoms with E-state index in [9.17, 15) is 0 Å². The highest BCUT2D eigenvalue weighted by Gasteiger charge is 1.87. The standard InChI is InChI=1S/C4H12O2Si.C4H12OSi/c1-3-5-7-6-4-2;1-4-5-6(2)3/h3-4,7H2,1-2H3;6H,4H2,1-3H3. The second-order valence-electron chi connectivity index (χ2n) is 2.61. The third-order valence-electron chi connectivity index (χ3n) is 1.07. The zero-order valence-electron chi connectivity index (χ0n) is 9.63. The predicted octanol–water partition coefficient (Wildman–Crippen LogP) is 1.06. The van der Waals surface area contributed by atoms with E-state index in [1.807, 2.05) is 20.8 Å². The molecule has 5 heteroatoms. The summed E-state index contributed by atoms with van der Waals surface area (Å²) in [7, 11) is -1.26. The van der Waals surface area contributed by atoms with E-state index in [1.165, 1.54) is 0 Å². The van der Waals surface area contributed by atoms with Crippen LogP contribution < -0.4 is 0 Å². The molecule has 0 aliphatic carbocycles.